The van der Waals surface area contributed by atoms with Crippen molar-refractivity contribution in [3.8, 4) is 0 Å². The van der Waals surface area contributed by atoms with Crippen LogP contribution in [-0.2, 0) is 16.1 Å². The maximum absolute atomic E-state index is 12.3. The van der Waals surface area contributed by atoms with Gasteiger partial charge in [-0.3, -0.25) is 4.79 Å². The second-order valence-electron chi connectivity index (χ2n) is 5.57. The zero-order valence-electron chi connectivity index (χ0n) is 12.6. The fourth-order valence-corrected chi connectivity index (χ4v) is 2.62. The molecule has 2 amide bonds. The molecule has 0 spiro atoms. The number of amides is 2. The number of β-lactam (4-membered cyclic amide) rings is 1. The molecule has 3 rings (SSSR count). The third-order valence-corrected chi connectivity index (χ3v) is 3.95. The van der Waals surface area contributed by atoms with Crippen molar-refractivity contribution in [3.05, 3.63) is 59.8 Å². The van der Waals surface area contributed by atoms with Crippen LogP contribution >= 0.6 is 0 Å². The summed E-state index contributed by atoms with van der Waals surface area (Å²) in [5.41, 5.74) is 1.93. The predicted molar refractivity (Wildman–Crippen MR) is 81.2 cm³/mol. The van der Waals surface area contributed by atoms with E-state index in [1.54, 1.807) is 6.20 Å². The van der Waals surface area contributed by atoms with E-state index in [2.05, 4.69) is 0 Å². The summed E-state index contributed by atoms with van der Waals surface area (Å²) in [7, 11) is 0. The SMILES string of the molecule is CC1=CC2C(C)C(=O)N2N(C(=O)OCc2ccccc2)C=C1. The number of hydrogen-bond donors (Lipinski definition) is 0. The summed E-state index contributed by atoms with van der Waals surface area (Å²) < 4.78 is 5.31. The summed E-state index contributed by atoms with van der Waals surface area (Å²) in [4.78, 5) is 24.4. The van der Waals surface area contributed by atoms with Gasteiger partial charge in [-0.1, -0.05) is 48.9 Å². The van der Waals surface area contributed by atoms with E-state index >= 15 is 0 Å². The van der Waals surface area contributed by atoms with E-state index in [9.17, 15) is 9.59 Å². The molecule has 1 aromatic carbocycles. The number of hydrogen-bond acceptors (Lipinski definition) is 3. The molecule has 0 aromatic heterocycles. The van der Waals surface area contributed by atoms with Crippen LogP contribution in [0, 0.1) is 5.92 Å². The third kappa shape index (κ3) is 2.50. The average Bonchev–Trinajstić information content (AvgIpc) is 2.70. The summed E-state index contributed by atoms with van der Waals surface area (Å²) in [5.74, 6) is -0.184. The first-order chi connectivity index (χ1) is 10.6. The minimum atomic E-state index is -0.548. The number of nitrogens with zero attached hydrogens (tertiary/aromatic N) is 2. The molecule has 114 valence electrons. The van der Waals surface area contributed by atoms with Gasteiger partial charge in [-0.05, 0) is 18.6 Å². The molecule has 2 unspecified atom stereocenters. The van der Waals surface area contributed by atoms with E-state index in [0.29, 0.717) is 0 Å². The van der Waals surface area contributed by atoms with Gasteiger partial charge in [-0.2, -0.15) is 5.01 Å². The monoisotopic (exact) mass is 298 g/mol. The zero-order chi connectivity index (χ0) is 15.7. The first-order valence-corrected chi connectivity index (χ1v) is 7.27. The molecule has 2 aliphatic rings. The fraction of sp³-hybridized carbons (Fsp3) is 0.294. The van der Waals surface area contributed by atoms with Gasteiger partial charge in [0.15, 0.2) is 0 Å². The van der Waals surface area contributed by atoms with E-state index in [4.69, 9.17) is 4.74 Å². The topological polar surface area (TPSA) is 49.9 Å². The lowest BCUT2D eigenvalue weighted by atomic mass is 9.90. The van der Waals surface area contributed by atoms with Gasteiger partial charge in [0.1, 0.15) is 6.61 Å². The predicted octanol–water partition coefficient (Wildman–Crippen LogP) is 2.86. The van der Waals surface area contributed by atoms with E-state index in [1.807, 2.05) is 56.3 Å². The molecule has 2 heterocycles. The number of hydrazine groups is 1. The summed E-state index contributed by atoms with van der Waals surface area (Å²) in [5, 5.41) is 2.72. The highest BCUT2D eigenvalue weighted by atomic mass is 16.6. The van der Waals surface area contributed by atoms with Crippen LogP contribution in [-0.4, -0.2) is 28.1 Å². The molecule has 5 nitrogen and oxygen atoms in total. The molecular weight excluding hydrogens is 280 g/mol. The highest BCUT2D eigenvalue weighted by molar-refractivity contribution is 5.88. The second-order valence-corrected chi connectivity index (χ2v) is 5.57. The Kier molecular flexibility index (Phi) is 3.71. The van der Waals surface area contributed by atoms with Gasteiger partial charge in [0.2, 0.25) is 5.91 Å². The Bertz CT molecular complexity index is 651. The lowest BCUT2D eigenvalue weighted by Gasteiger charge is -2.47. The van der Waals surface area contributed by atoms with Crippen molar-refractivity contribution < 1.29 is 14.3 Å². The lowest BCUT2D eigenvalue weighted by molar-refractivity contribution is -0.172. The third-order valence-electron chi connectivity index (χ3n) is 3.95. The number of rotatable bonds is 2. The van der Waals surface area contributed by atoms with Crippen molar-refractivity contribution in [2.45, 2.75) is 26.5 Å². The van der Waals surface area contributed by atoms with Crippen LogP contribution in [0.1, 0.15) is 19.4 Å². The van der Waals surface area contributed by atoms with Crippen molar-refractivity contribution in [3.63, 3.8) is 0 Å². The van der Waals surface area contributed by atoms with Gasteiger partial charge in [-0.25, -0.2) is 9.80 Å². The molecule has 0 N–H and O–H groups in total. The first kappa shape index (κ1) is 14.4. The molecule has 0 saturated carbocycles. The molecular formula is C17H18N2O3. The standard InChI is InChI=1S/C17H18N2O3/c1-12-8-9-18(19-15(10-12)13(2)16(19)20)17(21)22-11-14-6-4-3-5-7-14/h3-10,13,15H,11H2,1-2H3. The van der Waals surface area contributed by atoms with Crippen LogP contribution in [0.25, 0.3) is 0 Å². The van der Waals surface area contributed by atoms with Crippen LogP contribution in [0.15, 0.2) is 54.3 Å². The Balaban J connectivity index is 1.71. The summed E-state index contributed by atoms with van der Waals surface area (Å²) >= 11 is 0. The van der Waals surface area contributed by atoms with Gasteiger partial charge in [0.05, 0.1) is 12.0 Å². The van der Waals surface area contributed by atoms with E-state index in [-0.39, 0.29) is 24.5 Å². The maximum Gasteiger partial charge on any atom is 0.433 e. The molecule has 1 saturated heterocycles. The van der Waals surface area contributed by atoms with Gasteiger partial charge in [0, 0.05) is 6.20 Å². The quantitative estimate of drug-likeness (QED) is 0.789. The van der Waals surface area contributed by atoms with E-state index in [1.165, 1.54) is 10.0 Å². The van der Waals surface area contributed by atoms with Crippen LogP contribution in [0.3, 0.4) is 0 Å². The van der Waals surface area contributed by atoms with Crippen LogP contribution < -0.4 is 0 Å². The van der Waals surface area contributed by atoms with Crippen molar-refractivity contribution >= 4 is 12.0 Å². The second kappa shape index (κ2) is 5.67. The Morgan fingerprint density at radius 2 is 2.00 bits per heavy atom. The smallest absolute Gasteiger partial charge is 0.433 e. The molecule has 2 atom stereocenters. The number of carbonyl (C=O) groups excluding carboxylic acids is 2. The molecule has 0 bridgehead atoms. The molecule has 0 radical (unpaired) electrons. The first-order valence-electron chi connectivity index (χ1n) is 7.27. The number of fused-ring (bicyclic) bond motifs is 1. The van der Waals surface area contributed by atoms with Crippen LogP contribution in [0.5, 0.6) is 0 Å². The van der Waals surface area contributed by atoms with Gasteiger partial charge in [0.25, 0.3) is 0 Å². The number of allylic oxidation sites excluding steroid dienone is 2. The van der Waals surface area contributed by atoms with Crippen molar-refractivity contribution in [1.29, 1.82) is 0 Å². The minimum Gasteiger partial charge on any atom is -0.443 e. The number of carbonyl (C=O) groups is 2. The number of ether oxygens (including phenoxy) is 1. The van der Waals surface area contributed by atoms with E-state index < -0.39 is 6.09 Å². The molecule has 22 heavy (non-hydrogen) atoms. The summed E-state index contributed by atoms with van der Waals surface area (Å²) in [6.45, 7) is 3.99. The minimum absolute atomic E-state index is 0.0720. The Labute approximate surface area is 129 Å². The van der Waals surface area contributed by atoms with Crippen molar-refractivity contribution in [2.24, 2.45) is 5.92 Å². The highest BCUT2D eigenvalue weighted by Crippen LogP contribution is 2.32. The van der Waals surface area contributed by atoms with Crippen LogP contribution in [0.2, 0.25) is 0 Å². The van der Waals surface area contributed by atoms with Gasteiger partial charge in [-0.15, -0.1) is 0 Å². The molecule has 1 fully saturated rings. The molecule has 0 aliphatic carbocycles. The Morgan fingerprint density at radius 3 is 2.73 bits per heavy atom. The highest BCUT2D eigenvalue weighted by Gasteiger charge is 2.48. The Hall–Kier alpha value is -2.56. The zero-order valence-corrected chi connectivity index (χ0v) is 12.6. The molecule has 5 heteroatoms. The molecule has 2 aliphatic heterocycles. The Morgan fingerprint density at radius 1 is 1.27 bits per heavy atom. The van der Waals surface area contributed by atoms with Crippen molar-refractivity contribution in [1.82, 2.24) is 10.0 Å². The van der Waals surface area contributed by atoms with E-state index in [0.717, 1.165) is 11.1 Å². The van der Waals surface area contributed by atoms with Crippen LogP contribution in [0.4, 0.5) is 4.79 Å². The largest absolute Gasteiger partial charge is 0.443 e. The average molecular weight is 298 g/mol. The lowest BCUT2D eigenvalue weighted by Crippen LogP contribution is -2.65. The van der Waals surface area contributed by atoms with Crippen molar-refractivity contribution in [2.75, 3.05) is 0 Å². The van der Waals surface area contributed by atoms with Gasteiger partial charge < -0.3 is 4.74 Å². The molecule has 1 aromatic rings. The summed E-state index contributed by atoms with van der Waals surface area (Å²) in [6, 6.07) is 9.36. The fourth-order valence-electron chi connectivity index (χ4n) is 2.62. The normalized spacial score (nSPS) is 23.4. The number of benzene rings is 1. The summed E-state index contributed by atoms with van der Waals surface area (Å²) in [6.07, 6.45) is 4.84. The van der Waals surface area contributed by atoms with Gasteiger partial charge >= 0.3 is 6.09 Å². The maximum atomic E-state index is 12.3.